The monoisotopic (exact) mass is 835 g/mol. The van der Waals surface area contributed by atoms with Crippen molar-refractivity contribution in [1.82, 2.24) is 19.5 Å². The minimum absolute atomic E-state index is 0. The van der Waals surface area contributed by atoms with Gasteiger partial charge in [-0.25, -0.2) is 0 Å². The van der Waals surface area contributed by atoms with Crippen molar-refractivity contribution in [3.05, 3.63) is 139 Å². The standard InChI is InChI=1S/C31H30N3OSi.C11H8N.Ir/c1-31(2,3)28-18-25-26(19-32-28)34(20-11-8-7-9-12-20)30(33-25)24-14-10-13-23-22-16-15-21(36(4,5)6)17-27(22)35-29(23)24;1-2-6-10(7-3-1)11-8-4-5-9-12-11;/h7-13,15-19H,1-6H3;1-6,8-9H;/q2*-1;. The Morgan fingerprint density at radius 1 is 0.755 bits per heavy atom. The van der Waals surface area contributed by atoms with Crippen LogP contribution in [0.2, 0.25) is 19.6 Å². The molecule has 5 nitrogen and oxygen atoms in total. The molecule has 4 heterocycles. The molecule has 0 aliphatic rings. The van der Waals surface area contributed by atoms with Crippen LogP contribution in [-0.4, -0.2) is 27.6 Å². The van der Waals surface area contributed by atoms with Crippen molar-refractivity contribution in [2.45, 2.75) is 45.8 Å². The van der Waals surface area contributed by atoms with Crippen molar-refractivity contribution in [3.8, 4) is 28.3 Å². The van der Waals surface area contributed by atoms with E-state index in [4.69, 9.17) is 14.4 Å². The van der Waals surface area contributed by atoms with Crippen LogP contribution in [0, 0.1) is 12.1 Å². The van der Waals surface area contributed by atoms with Crippen LogP contribution in [0.1, 0.15) is 26.5 Å². The number of hydrogen-bond acceptors (Lipinski definition) is 4. The SMILES string of the molecule is CC(C)(C)c1cc2nc(-c3[c-]ccc4c3oc3cc([Si](C)(C)C)ccc34)n(-c3ccccc3)c2cn1.[Ir].[c-]1ccccc1-c1ccccn1. The van der Waals surface area contributed by atoms with Crippen LogP contribution in [0.3, 0.4) is 0 Å². The van der Waals surface area contributed by atoms with Gasteiger partial charge in [0.1, 0.15) is 5.58 Å². The molecule has 0 N–H and O–H groups in total. The molecule has 0 aliphatic heterocycles. The molecule has 0 fully saturated rings. The summed E-state index contributed by atoms with van der Waals surface area (Å²) >= 11 is 0. The van der Waals surface area contributed by atoms with E-state index < -0.39 is 8.07 Å². The minimum Gasteiger partial charge on any atom is -0.501 e. The molecule has 0 saturated carbocycles. The van der Waals surface area contributed by atoms with E-state index in [1.54, 1.807) is 6.20 Å². The summed E-state index contributed by atoms with van der Waals surface area (Å²) in [6, 6.07) is 43.5. The Labute approximate surface area is 302 Å². The quantitative estimate of drug-likeness (QED) is 0.131. The number of rotatable bonds is 4. The summed E-state index contributed by atoms with van der Waals surface area (Å²) in [7, 11) is -1.46. The number of aromatic nitrogens is 4. The van der Waals surface area contributed by atoms with Crippen LogP contribution in [0.4, 0.5) is 0 Å². The Bertz CT molecular complexity index is 2320. The average Bonchev–Trinajstić information content (AvgIpc) is 3.67. The third-order valence-electron chi connectivity index (χ3n) is 8.50. The fraction of sp³-hybridized carbons (Fsp3) is 0.167. The zero-order valence-corrected chi connectivity index (χ0v) is 32.0. The Balaban J connectivity index is 0.000000270. The molecular formula is C42H38IrN4OSi-2. The largest absolute Gasteiger partial charge is 0.501 e. The molecule has 0 unspecified atom stereocenters. The number of imidazole rings is 1. The molecule has 0 aliphatic carbocycles. The van der Waals surface area contributed by atoms with E-state index in [1.165, 1.54) is 5.19 Å². The Kier molecular flexibility index (Phi) is 9.54. The van der Waals surface area contributed by atoms with Crippen LogP contribution in [-0.2, 0) is 25.5 Å². The average molecular weight is 835 g/mol. The Morgan fingerprint density at radius 3 is 2.22 bits per heavy atom. The van der Waals surface area contributed by atoms with Gasteiger partial charge in [-0.1, -0.05) is 99.0 Å². The van der Waals surface area contributed by atoms with Gasteiger partial charge in [-0.3, -0.25) is 9.97 Å². The maximum absolute atomic E-state index is 6.56. The smallest absolute Gasteiger partial charge is 0.120 e. The first-order chi connectivity index (χ1) is 23.1. The Hall–Kier alpha value is -4.68. The molecule has 8 rings (SSSR count). The Morgan fingerprint density at radius 2 is 1.53 bits per heavy atom. The molecule has 49 heavy (non-hydrogen) atoms. The first kappa shape index (κ1) is 34.2. The fourth-order valence-electron chi connectivity index (χ4n) is 5.84. The molecule has 1 radical (unpaired) electrons. The predicted molar refractivity (Wildman–Crippen MR) is 201 cm³/mol. The van der Waals surface area contributed by atoms with Gasteiger partial charge in [0, 0.05) is 48.5 Å². The zero-order valence-electron chi connectivity index (χ0n) is 28.6. The number of benzene rings is 4. The van der Waals surface area contributed by atoms with Crippen LogP contribution >= 0.6 is 0 Å². The van der Waals surface area contributed by atoms with E-state index in [2.05, 4.69) is 105 Å². The molecule has 0 spiro atoms. The molecule has 0 saturated heterocycles. The van der Waals surface area contributed by atoms with Gasteiger partial charge >= 0.3 is 0 Å². The second-order valence-electron chi connectivity index (χ2n) is 14.1. The summed E-state index contributed by atoms with van der Waals surface area (Å²) in [5.41, 5.74) is 8.47. The van der Waals surface area contributed by atoms with E-state index >= 15 is 0 Å². The van der Waals surface area contributed by atoms with Crippen LogP contribution in [0.25, 0.3) is 61.3 Å². The second kappa shape index (κ2) is 13.7. The van der Waals surface area contributed by atoms with E-state index in [9.17, 15) is 0 Å². The van der Waals surface area contributed by atoms with Gasteiger partial charge in [-0.15, -0.1) is 54.1 Å². The topological polar surface area (TPSA) is 56.7 Å². The van der Waals surface area contributed by atoms with Crippen molar-refractivity contribution in [3.63, 3.8) is 0 Å². The molecule has 4 aromatic heterocycles. The number of nitrogens with zero attached hydrogens (tertiary/aromatic N) is 4. The number of furan rings is 1. The summed E-state index contributed by atoms with van der Waals surface area (Å²) < 4.78 is 8.73. The van der Waals surface area contributed by atoms with E-state index in [0.29, 0.717) is 0 Å². The number of fused-ring (bicyclic) bond motifs is 4. The van der Waals surface area contributed by atoms with Crippen molar-refractivity contribution in [1.29, 1.82) is 0 Å². The van der Waals surface area contributed by atoms with E-state index in [0.717, 1.165) is 67.0 Å². The van der Waals surface area contributed by atoms with Gasteiger partial charge in [0.05, 0.1) is 36.7 Å². The number of hydrogen-bond donors (Lipinski definition) is 0. The summed E-state index contributed by atoms with van der Waals surface area (Å²) in [6.07, 6.45) is 3.73. The summed E-state index contributed by atoms with van der Waals surface area (Å²) in [6.45, 7) is 13.6. The molecule has 0 atom stereocenters. The predicted octanol–water partition coefficient (Wildman–Crippen LogP) is 10.2. The normalized spacial score (nSPS) is 11.7. The van der Waals surface area contributed by atoms with Crippen molar-refractivity contribution >= 4 is 46.2 Å². The van der Waals surface area contributed by atoms with Gasteiger partial charge < -0.3 is 14.0 Å². The fourth-order valence-corrected chi connectivity index (χ4v) is 6.99. The van der Waals surface area contributed by atoms with Gasteiger partial charge in [-0.2, -0.15) is 0 Å². The summed E-state index contributed by atoms with van der Waals surface area (Å²) in [5, 5.41) is 3.60. The molecule has 8 aromatic rings. The van der Waals surface area contributed by atoms with E-state index in [1.807, 2.05) is 72.9 Å². The summed E-state index contributed by atoms with van der Waals surface area (Å²) in [5.74, 6) is 0.805. The molecule has 0 amide bonds. The van der Waals surface area contributed by atoms with Crippen molar-refractivity contribution < 1.29 is 24.5 Å². The first-order valence-electron chi connectivity index (χ1n) is 16.3. The van der Waals surface area contributed by atoms with Gasteiger partial charge in [-0.05, 0) is 36.0 Å². The number of pyridine rings is 2. The van der Waals surface area contributed by atoms with Crippen LogP contribution < -0.4 is 5.19 Å². The molecular weight excluding hydrogens is 797 g/mol. The van der Waals surface area contributed by atoms with Crippen LogP contribution in [0.5, 0.6) is 0 Å². The van der Waals surface area contributed by atoms with Gasteiger partial charge in [0.25, 0.3) is 0 Å². The third-order valence-corrected chi connectivity index (χ3v) is 10.5. The maximum atomic E-state index is 6.56. The molecule has 247 valence electrons. The maximum Gasteiger partial charge on any atom is 0.120 e. The van der Waals surface area contributed by atoms with Gasteiger partial charge in [0.15, 0.2) is 0 Å². The van der Waals surface area contributed by atoms with E-state index in [-0.39, 0.29) is 25.5 Å². The van der Waals surface area contributed by atoms with Crippen molar-refractivity contribution in [2.24, 2.45) is 0 Å². The molecule has 7 heteroatoms. The van der Waals surface area contributed by atoms with Crippen LogP contribution in [0.15, 0.2) is 126 Å². The zero-order chi connectivity index (χ0) is 33.5. The van der Waals surface area contributed by atoms with Gasteiger partial charge in [0.2, 0.25) is 0 Å². The van der Waals surface area contributed by atoms with Crippen molar-refractivity contribution in [2.75, 3.05) is 0 Å². The minimum atomic E-state index is -1.46. The third kappa shape index (κ3) is 6.93. The molecule has 4 aromatic carbocycles. The first-order valence-corrected chi connectivity index (χ1v) is 19.8. The number of para-hydroxylation sites is 1. The molecule has 0 bridgehead atoms. The second-order valence-corrected chi connectivity index (χ2v) is 19.1. The summed E-state index contributed by atoms with van der Waals surface area (Å²) in [4.78, 5) is 14.2.